The van der Waals surface area contributed by atoms with Gasteiger partial charge < -0.3 is 4.74 Å². The molecule has 88 valence electrons. The summed E-state index contributed by atoms with van der Waals surface area (Å²) in [5.41, 5.74) is 0.146. The molecule has 5 heteroatoms. The molecule has 0 N–H and O–H groups in total. The molecule has 0 aliphatic rings. The molecule has 1 aromatic carbocycles. The van der Waals surface area contributed by atoms with Crippen molar-refractivity contribution in [2.75, 3.05) is 7.11 Å². The van der Waals surface area contributed by atoms with Crippen LogP contribution in [-0.4, -0.2) is 12.9 Å². The van der Waals surface area contributed by atoms with E-state index in [1.54, 1.807) is 11.4 Å². The Morgan fingerprint density at radius 2 is 2.18 bits per heavy atom. The van der Waals surface area contributed by atoms with Crippen LogP contribution in [0, 0.1) is 5.82 Å². The number of halogens is 2. The van der Waals surface area contributed by atoms with Crippen LogP contribution in [0.15, 0.2) is 29.6 Å². The molecule has 0 spiro atoms. The van der Waals surface area contributed by atoms with Crippen LogP contribution in [0.25, 0.3) is 0 Å². The van der Waals surface area contributed by atoms with Crippen LogP contribution in [0.3, 0.4) is 0 Å². The summed E-state index contributed by atoms with van der Waals surface area (Å²) in [6.07, 6.45) is 0. The van der Waals surface area contributed by atoms with Crippen LogP contribution >= 0.6 is 22.9 Å². The number of rotatable bonds is 3. The van der Waals surface area contributed by atoms with Crippen molar-refractivity contribution < 1.29 is 13.9 Å². The molecule has 1 heterocycles. The predicted molar refractivity (Wildman–Crippen MR) is 65.7 cm³/mol. The fourth-order valence-corrected chi connectivity index (χ4v) is 2.45. The van der Waals surface area contributed by atoms with Crippen molar-refractivity contribution >= 4 is 28.7 Å². The van der Waals surface area contributed by atoms with Gasteiger partial charge in [-0.1, -0.05) is 17.7 Å². The summed E-state index contributed by atoms with van der Waals surface area (Å²) in [5, 5.41) is 1.58. The van der Waals surface area contributed by atoms with E-state index in [4.69, 9.17) is 16.3 Å². The van der Waals surface area contributed by atoms with E-state index in [1.165, 1.54) is 36.6 Å². The summed E-state index contributed by atoms with van der Waals surface area (Å²) in [5.74, 6) is -0.463. The van der Waals surface area contributed by atoms with Gasteiger partial charge in [0.1, 0.15) is 16.4 Å². The zero-order valence-corrected chi connectivity index (χ0v) is 10.4. The second-order valence-electron chi connectivity index (χ2n) is 3.25. The minimum absolute atomic E-state index is 0.146. The number of methoxy groups -OCH3 is 1. The molecule has 0 aliphatic carbocycles. The Morgan fingerprint density at radius 3 is 2.88 bits per heavy atom. The molecule has 2 aromatic rings. The van der Waals surface area contributed by atoms with Crippen molar-refractivity contribution in [1.29, 1.82) is 0 Å². The van der Waals surface area contributed by atoms with Crippen molar-refractivity contribution in [2.24, 2.45) is 0 Å². The predicted octanol–water partition coefficient (Wildman–Crippen LogP) is 3.78. The van der Waals surface area contributed by atoms with Gasteiger partial charge in [0.15, 0.2) is 0 Å². The van der Waals surface area contributed by atoms with E-state index in [1.807, 2.05) is 0 Å². The monoisotopic (exact) mass is 270 g/mol. The molecule has 17 heavy (non-hydrogen) atoms. The van der Waals surface area contributed by atoms with Gasteiger partial charge >= 0.3 is 0 Å². The summed E-state index contributed by atoms with van der Waals surface area (Å²) in [6, 6.07) is 5.84. The molecule has 0 aliphatic heterocycles. The molecule has 0 bridgehead atoms. The molecule has 0 saturated heterocycles. The summed E-state index contributed by atoms with van der Waals surface area (Å²) in [4.78, 5) is 12.6. The third-order valence-corrected chi connectivity index (χ3v) is 3.53. The topological polar surface area (TPSA) is 26.3 Å². The number of hydrogen-bond acceptors (Lipinski definition) is 3. The Balaban J connectivity index is 2.48. The molecular weight excluding hydrogens is 263 g/mol. The number of carbonyl (C=O) groups is 1. The van der Waals surface area contributed by atoms with E-state index in [-0.39, 0.29) is 16.4 Å². The Labute approximate surface area is 107 Å². The largest absolute Gasteiger partial charge is 0.495 e. The summed E-state index contributed by atoms with van der Waals surface area (Å²) in [7, 11) is 1.48. The highest BCUT2D eigenvalue weighted by Crippen LogP contribution is 2.30. The van der Waals surface area contributed by atoms with Gasteiger partial charge in [0, 0.05) is 5.56 Å². The molecular formula is C12H8ClFO2S. The lowest BCUT2D eigenvalue weighted by atomic mass is 10.1. The van der Waals surface area contributed by atoms with Gasteiger partial charge in [0.2, 0.25) is 5.78 Å². The van der Waals surface area contributed by atoms with E-state index >= 15 is 0 Å². The molecule has 0 atom stereocenters. The standard InChI is InChI=1S/C12H8ClFO2S/c1-16-9-5-6-17-12(9)11(15)7-3-2-4-8(14)10(7)13/h2-6H,1H3. The van der Waals surface area contributed by atoms with Gasteiger partial charge in [-0.2, -0.15) is 0 Å². The fourth-order valence-electron chi connectivity index (χ4n) is 1.43. The summed E-state index contributed by atoms with van der Waals surface area (Å²) in [6.45, 7) is 0. The zero-order chi connectivity index (χ0) is 12.4. The second kappa shape index (κ2) is 4.85. The minimum atomic E-state index is -0.604. The number of ketones is 1. The van der Waals surface area contributed by atoms with Gasteiger partial charge in [-0.05, 0) is 23.6 Å². The Hall–Kier alpha value is -1.39. The first kappa shape index (κ1) is 12.1. The van der Waals surface area contributed by atoms with Crippen LogP contribution in [0.1, 0.15) is 15.2 Å². The van der Waals surface area contributed by atoms with Gasteiger partial charge in [0.05, 0.1) is 12.1 Å². The second-order valence-corrected chi connectivity index (χ2v) is 4.54. The third kappa shape index (κ3) is 2.18. The fraction of sp³-hybridized carbons (Fsp3) is 0.0833. The van der Waals surface area contributed by atoms with E-state index in [2.05, 4.69) is 0 Å². The first-order valence-electron chi connectivity index (χ1n) is 4.75. The average Bonchev–Trinajstić information content (AvgIpc) is 2.80. The summed E-state index contributed by atoms with van der Waals surface area (Å²) < 4.78 is 18.3. The van der Waals surface area contributed by atoms with Gasteiger partial charge in [-0.15, -0.1) is 11.3 Å². The molecule has 1 aromatic heterocycles. The molecule has 0 amide bonds. The Kier molecular flexibility index (Phi) is 3.45. The van der Waals surface area contributed by atoms with Crippen LogP contribution in [0.5, 0.6) is 5.75 Å². The lowest BCUT2D eigenvalue weighted by molar-refractivity contribution is 0.103. The van der Waals surface area contributed by atoms with Gasteiger partial charge in [-0.3, -0.25) is 4.79 Å². The maximum atomic E-state index is 13.3. The SMILES string of the molecule is COc1ccsc1C(=O)c1cccc(F)c1Cl. The normalized spacial score (nSPS) is 10.3. The average molecular weight is 271 g/mol. The summed E-state index contributed by atoms with van der Waals surface area (Å²) >= 11 is 7.00. The maximum absolute atomic E-state index is 13.3. The van der Waals surface area contributed by atoms with Gasteiger partial charge in [-0.25, -0.2) is 4.39 Å². The number of thiophene rings is 1. The smallest absolute Gasteiger partial charge is 0.208 e. The highest BCUT2D eigenvalue weighted by molar-refractivity contribution is 7.12. The number of benzene rings is 1. The van der Waals surface area contributed by atoms with Crippen LogP contribution in [-0.2, 0) is 0 Å². The molecule has 0 saturated carbocycles. The van der Waals surface area contributed by atoms with E-state index in [9.17, 15) is 9.18 Å². The third-order valence-electron chi connectivity index (χ3n) is 2.25. The van der Waals surface area contributed by atoms with Crippen molar-refractivity contribution in [1.82, 2.24) is 0 Å². The highest BCUT2D eigenvalue weighted by Gasteiger charge is 2.19. The highest BCUT2D eigenvalue weighted by atomic mass is 35.5. The number of hydrogen-bond donors (Lipinski definition) is 0. The van der Waals surface area contributed by atoms with Crippen molar-refractivity contribution in [3.63, 3.8) is 0 Å². The zero-order valence-electron chi connectivity index (χ0n) is 8.87. The number of carbonyl (C=O) groups excluding carboxylic acids is 1. The molecule has 2 rings (SSSR count). The lowest BCUT2D eigenvalue weighted by Crippen LogP contribution is -2.02. The van der Waals surface area contributed by atoms with Crippen molar-refractivity contribution in [3.8, 4) is 5.75 Å². The van der Waals surface area contributed by atoms with Crippen LogP contribution in [0.2, 0.25) is 5.02 Å². The first-order chi connectivity index (χ1) is 8.15. The maximum Gasteiger partial charge on any atom is 0.208 e. The lowest BCUT2D eigenvalue weighted by Gasteiger charge is -2.04. The molecule has 0 radical (unpaired) electrons. The molecule has 0 unspecified atom stereocenters. The van der Waals surface area contributed by atoms with E-state index < -0.39 is 5.82 Å². The Morgan fingerprint density at radius 1 is 1.41 bits per heavy atom. The quantitative estimate of drug-likeness (QED) is 0.794. The molecule has 2 nitrogen and oxygen atoms in total. The van der Waals surface area contributed by atoms with Crippen molar-refractivity contribution in [3.05, 3.63) is 50.9 Å². The van der Waals surface area contributed by atoms with Gasteiger partial charge in [0.25, 0.3) is 0 Å². The Bertz CT molecular complexity index is 565. The van der Waals surface area contributed by atoms with Crippen molar-refractivity contribution in [2.45, 2.75) is 0 Å². The van der Waals surface area contributed by atoms with E-state index in [0.29, 0.717) is 10.6 Å². The minimum Gasteiger partial charge on any atom is -0.495 e. The van der Waals surface area contributed by atoms with Crippen LogP contribution < -0.4 is 4.74 Å². The first-order valence-corrected chi connectivity index (χ1v) is 6.01. The molecule has 0 fully saturated rings. The van der Waals surface area contributed by atoms with E-state index in [0.717, 1.165) is 0 Å². The number of ether oxygens (including phenoxy) is 1. The van der Waals surface area contributed by atoms with Crippen LogP contribution in [0.4, 0.5) is 4.39 Å².